The number of rotatable bonds is 12. The van der Waals surface area contributed by atoms with E-state index in [9.17, 15) is 22.8 Å². The number of nitrogens with one attached hydrogen (secondary N) is 2. The minimum Gasteiger partial charge on any atom is -0.356 e. The van der Waals surface area contributed by atoms with Crippen molar-refractivity contribution in [3.63, 3.8) is 0 Å². The van der Waals surface area contributed by atoms with Crippen molar-refractivity contribution in [3.8, 4) is 0 Å². The first-order chi connectivity index (χ1) is 21.2. The first kappa shape index (κ1) is 31.1. The van der Waals surface area contributed by atoms with Crippen LogP contribution in [0.5, 0.6) is 0 Å². The van der Waals surface area contributed by atoms with Crippen LogP contribution in [0.4, 0.5) is 5.69 Å². The summed E-state index contributed by atoms with van der Waals surface area (Å²) in [4.78, 5) is 49.4. The van der Waals surface area contributed by atoms with Crippen molar-refractivity contribution in [2.75, 3.05) is 18.8 Å². The molecule has 3 aromatic carbocycles. The number of sulfonamides is 1. The van der Waals surface area contributed by atoms with E-state index in [4.69, 9.17) is 5.14 Å². The maximum atomic E-state index is 13.5. The molecule has 1 atom stereocenters. The molecule has 0 fully saturated rings. The highest BCUT2D eigenvalue weighted by Crippen LogP contribution is 2.34. The molecular weight excluding hydrogens is 601 g/mol. The van der Waals surface area contributed by atoms with Gasteiger partial charge in [0.15, 0.2) is 5.17 Å². The fourth-order valence-electron chi connectivity index (χ4n) is 4.81. The lowest BCUT2D eigenvalue weighted by Crippen LogP contribution is -2.42. The lowest BCUT2D eigenvalue weighted by molar-refractivity contribution is -0.125. The number of hydrogen-bond acceptors (Lipinski definition) is 8. The number of hydrogen-bond donors (Lipinski definition) is 3. The molecule has 0 aliphatic carbocycles. The molecule has 5 rings (SSSR count). The molecule has 11 nitrogen and oxygen atoms in total. The number of aliphatic imine (C=N–C) groups is 2. The Kier molecular flexibility index (Phi) is 9.88. The van der Waals surface area contributed by atoms with E-state index in [-0.39, 0.29) is 41.2 Å². The Morgan fingerprint density at radius 2 is 1.50 bits per heavy atom. The molecule has 0 unspecified atom stereocenters. The van der Waals surface area contributed by atoms with Crippen LogP contribution in [0.25, 0.3) is 0 Å². The van der Waals surface area contributed by atoms with Crippen molar-refractivity contribution >= 4 is 56.2 Å². The van der Waals surface area contributed by atoms with E-state index >= 15 is 0 Å². The Balaban J connectivity index is 1.14. The van der Waals surface area contributed by atoms with Crippen molar-refractivity contribution in [3.05, 3.63) is 95.6 Å². The van der Waals surface area contributed by atoms with Gasteiger partial charge in [-0.3, -0.25) is 19.4 Å². The van der Waals surface area contributed by atoms with Gasteiger partial charge in [0.1, 0.15) is 11.9 Å². The fourth-order valence-corrected chi connectivity index (χ4v) is 6.15. The molecule has 4 N–H and O–H groups in total. The lowest BCUT2D eigenvalue weighted by Gasteiger charge is -2.25. The third-order valence-corrected chi connectivity index (χ3v) is 8.96. The van der Waals surface area contributed by atoms with E-state index in [2.05, 4.69) is 20.6 Å². The number of amidine groups is 2. The second-order valence-corrected chi connectivity index (χ2v) is 12.8. The van der Waals surface area contributed by atoms with Crippen LogP contribution in [0, 0.1) is 0 Å². The molecule has 3 amide bonds. The van der Waals surface area contributed by atoms with Crippen LogP contribution < -0.4 is 15.8 Å². The second-order valence-electron chi connectivity index (χ2n) is 10.3. The molecule has 228 valence electrons. The van der Waals surface area contributed by atoms with Crippen molar-refractivity contribution < 1.29 is 22.8 Å². The maximum Gasteiger partial charge on any atom is 0.259 e. The predicted octanol–water partition coefficient (Wildman–Crippen LogP) is 2.52. The first-order valence-corrected chi connectivity index (χ1v) is 16.6. The molecule has 0 bridgehead atoms. The standard InChI is InChI=1S/C31H32N6O5S2/c32-44(41,42)23-12-10-22(11-13-23)17-19-34-28(39)20-43-31-36-25-9-5-4-8-24(25)29-35-26(30(40)37(29)31)14-15-27(38)33-18-16-21-6-2-1-3-7-21/h1-13,26H,14-20H2,(H,33,38)(H,34,39)(H2,32,41,42)/t26-/m0/s1. The number of thioether (sulfide) groups is 1. The zero-order valence-corrected chi connectivity index (χ0v) is 25.4. The average Bonchev–Trinajstić information content (AvgIpc) is 3.35. The van der Waals surface area contributed by atoms with E-state index < -0.39 is 16.1 Å². The smallest absolute Gasteiger partial charge is 0.259 e. The number of amides is 3. The topological polar surface area (TPSA) is 163 Å². The van der Waals surface area contributed by atoms with Gasteiger partial charge in [-0.1, -0.05) is 66.4 Å². The molecule has 44 heavy (non-hydrogen) atoms. The molecule has 2 heterocycles. The Hall–Kier alpha value is -4.33. The molecular formula is C31H32N6O5S2. The van der Waals surface area contributed by atoms with Crippen molar-refractivity contribution in [1.29, 1.82) is 0 Å². The summed E-state index contributed by atoms with van der Waals surface area (Å²) in [5, 5.41) is 11.2. The number of benzene rings is 3. The highest BCUT2D eigenvalue weighted by atomic mass is 32.2. The number of nitrogens with two attached hydrogens (primary N) is 1. The van der Waals surface area contributed by atoms with E-state index in [1.807, 2.05) is 54.6 Å². The van der Waals surface area contributed by atoms with Crippen LogP contribution in [0.1, 0.15) is 29.5 Å². The molecule has 0 radical (unpaired) electrons. The van der Waals surface area contributed by atoms with Gasteiger partial charge in [-0.05, 0) is 54.7 Å². The SMILES string of the molecule is NS(=O)(=O)c1ccc(CCNC(=O)CSC2=Nc3ccccc3C3=N[C@@H](CCC(=O)NCCc4ccccc4)C(=O)N23)cc1. The Morgan fingerprint density at radius 3 is 2.20 bits per heavy atom. The maximum absolute atomic E-state index is 13.5. The summed E-state index contributed by atoms with van der Waals surface area (Å²) in [6.45, 7) is 0.851. The van der Waals surface area contributed by atoms with Crippen molar-refractivity contribution in [2.24, 2.45) is 15.1 Å². The highest BCUT2D eigenvalue weighted by molar-refractivity contribution is 8.14. The van der Waals surface area contributed by atoms with Gasteiger partial charge < -0.3 is 10.6 Å². The number of fused-ring (bicyclic) bond motifs is 3. The van der Waals surface area contributed by atoms with Gasteiger partial charge >= 0.3 is 0 Å². The minimum absolute atomic E-state index is 0.0247. The quantitative estimate of drug-likeness (QED) is 0.278. The van der Waals surface area contributed by atoms with Gasteiger partial charge in [0.25, 0.3) is 5.91 Å². The normalized spacial score (nSPS) is 15.6. The monoisotopic (exact) mass is 632 g/mol. The third-order valence-electron chi connectivity index (χ3n) is 7.09. The zero-order chi connectivity index (χ0) is 31.1. The van der Waals surface area contributed by atoms with E-state index in [1.165, 1.54) is 17.0 Å². The minimum atomic E-state index is -3.76. The summed E-state index contributed by atoms with van der Waals surface area (Å²) < 4.78 is 22.8. The summed E-state index contributed by atoms with van der Waals surface area (Å²) >= 11 is 1.14. The predicted molar refractivity (Wildman–Crippen MR) is 170 cm³/mol. The Bertz CT molecular complexity index is 1710. The van der Waals surface area contributed by atoms with Crippen molar-refractivity contribution in [1.82, 2.24) is 15.5 Å². The van der Waals surface area contributed by atoms with Gasteiger partial charge in [-0.25, -0.2) is 23.4 Å². The van der Waals surface area contributed by atoms with E-state index in [0.29, 0.717) is 36.2 Å². The number of carbonyl (C=O) groups excluding carboxylic acids is 3. The van der Waals surface area contributed by atoms with E-state index in [1.54, 1.807) is 12.1 Å². The summed E-state index contributed by atoms with van der Waals surface area (Å²) in [6, 6.07) is 22.7. The molecule has 13 heteroatoms. The highest BCUT2D eigenvalue weighted by Gasteiger charge is 2.41. The lowest BCUT2D eigenvalue weighted by atomic mass is 10.1. The first-order valence-electron chi connectivity index (χ1n) is 14.1. The zero-order valence-electron chi connectivity index (χ0n) is 23.8. The van der Waals surface area contributed by atoms with Gasteiger partial charge in [0, 0.05) is 25.1 Å². The number of carbonyl (C=O) groups is 3. The van der Waals surface area contributed by atoms with Crippen LogP contribution in [-0.2, 0) is 37.2 Å². The summed E-state index contributed by atoms with van der Waals surface area (Å²) in [7, 11) is -3.76. The Labute approximate surface area is 260 Å². The molecule has 2 aliphatic rings. The van der Waals surface area contributed by atoms with Gasteiger partial charge in [-0.15, -0.1) is 0 Å². The van der Waals surface area contributed by atoms with E-state index in [0.717, 1.165) is 34.9 Å². The molecule has 3 aromatic rings. The second kappa shape index (κ2) is 14.0. The number of para-hydroxylation sites is 1. The van der Waals surface area contributed by atoms with Crippen LogP contribution in [0.3, 0.4) is 0 Å². The van der Waals surface area contributed by atoms with Crippen LogP contribution in [0.15, 0.2) is 93.7 Å². The van der Waals surface area contributed by atoms with Gasteiger partial charge in [-0.2, -0.15) is 0 Å². The molecule has 0 spiro atoms. The van der Waals surface area contributed by atoms with Crippen molar-refractivity contribution in [2.45, 2.75) is 36.6 Å². The van der Waals surface area contributed by atoms with Crippen LogP contribution in [0.2, 0.25) is 0 Å². The van der Waals surface area contributed by atoms with Gasteiger partial charge in [0.2, 0.25) is 21.8 Å². The van der Waals surface area contributed by atoms with Gasteiger partial charge in [0.05, 0.1) is 16.3 Å². The summed E-state index contributed by atoms with van der Waals surface area (Å²) in [5.74, 6) is -0.162. The third kappa shape index (κ3) is 7.78. The van der Waals surface area contributed by atoms with Crippen LogP contribution >= 0.6 is 11.8 Å². The summed E-state index contributed by atoms with van der Waals surface area (Å²) in [5.41, 5.74) is 3.35. The molecule has 2 aliphatic heterocycles. The average molecular weight is 633 g/mol. The molecule has 0 aromatic heterocycles. The molecule has 0 saturated heterocycles. The largest absolute Gasteiger partial charge is 0.356 e. The molecule has 0 saturated carbocycles. The van der Waals surface area contributed by atoms with Crippen LogP contribution in [-0.4, -0.2) is 66.9 Å². The summed E-state index contributed by atoms with van der Waals surface area (Å²) in [6.07, 6.45) is 1.64. The Morgan fingerprint density at radius 1 is 0.864 bits per heavy atom. The number of primary sulfonamides is 1. The fraction of sp³-hybridized carbons (Fsp3) is 0.258. The number of nitrogens with zero attached hydrogens (tertiary/aromatic N) is 3.